The molecule has 1 amide bonds. The van der Waals surface area contributed by atoms with Crippen molar-refractivity contribution in [3.05, 3.63) is 29.8 Å². The van der Waals surface area contributed by atoms with Gasteiger partial charge < -0.3 is 10.6 Å². The maximum atomic E-state index is 12.6. The van der Waals surface area contributed by atoms with Crippen LogP contribution in [-0.2, 0) is 10.0 Å². The standard InChI is InChI=1S/C17H27N3O3S/c1-16(2,3)19-24(22,23)14-7-5-13(6-8-14)15(21)20-10-9-17(4,11-18)12-20/h5-8,19H,9-12,18H2,1-4H3. The summed E-state index contributed by atoms with van der Waals surface area (Å²) in [6.45, 7) is 9.28. The zero-order chi connectivity index (χ0) is 18.2. The molecule has 0 aromatic heterocycles. The lowest BCUT2D eigenvalue weighted by atomic mass is 9.90. The molecule has 2 rings (SSSR count). The van der Waals surface area contributed by atoms with Crippen molar-refractivity contribution in [3.8, 4) is 0 Å². The lowest BCUT2D eigenvalue weighted by molar-refractivity contribution is 0.0777. The molecule has 1 aliphatic rings. The normalized spacial score (nSPS) is 22.0. The Balaban J connectivity index is 2.14. The first-order valence-electron chi connectivity index (χ1n) is 8.09. The largest absolute Gasteiger partial charge is 0.338 e. The molecule has 6 nitrogen and oxygen atoms in total. The Labute approximate surface area is 144 Å². The number of benzene rings is 1. The Morgan fingerprint density at radius 3 is 2.33 bits per heavy atom. The van der Waals surface area contributed by atoms with Gasteiger partial charge in [0.25, 0.3) is 5.91 Å². The average molecular weight is 353 g/mol. The number of hydrogen-bond donors (Lipinski definition) is 2. The van der Waals surface area contributed by atoms with Crippen LogP contribution in [-0.4, -0.2) is 44.4 Å². The summed E-state index contributed by atoms with van der Waals surface area (Å²) in [5.41, 5.74) is 5.68. The number of rotatable bonds is 4. The van der Waals surface area contributed by atoms with Crippen molar-refractivity contribution in [1.29, 1.82) is 0 Å². The molecule has 1 heterocycles. The molecule has 1 aliphatic heterocycles. The van der Waals surface area contributed by atoms with Crippen molar-refractivity contribution < 1.29 is 13.2 Å². The van der Waals surface area contributed by atoms with Crippen LogP contribution in [0.5, 0.6) is 0 Å². The van der Waals surface area contributed by atoms with Crippen LogP contribution < -0.4 is 10.5 Å². The number of sulfonamides is 1. The molecule has 0 bridgehead atoms. The average Bonchev–Trinajstić information content (AvgIpc) is 2.87. The minimum atomic E-state index is -3.59. The molecule has 134 valence electrons. The van der Waals surface area contributed by atoms with Crippen molar-refractivity contribution in [2.24, 2.45) is 11.1 Å². The van der Waals surface area contributed by atoms with Crippen LogP contribution in [0.15, 0.2) is 29.2 Å². The van der Waals surface area contributed by atoms with Gasteiger partial charge in [0.05, 0.1) is 4.90 Å². The lowest BCUT2D eigenvalue weighted by Gasteiger charge is -2.23. The summed E-state index contributed by atoms with van der Waals surface area (Å²) in [6.07, 6.45) is 0.886. The van der Waals surface area contributed by atoms with Gasteiger partial charge in [-0.1, -0.05) is 6.92 Å². The topological polar surface area (TPSA) is 92.5 Å². The number of likely N-dealkylation sites (tertiary alicyclic amines) is 1. The van der Waals surface area contributed by atoms with E-state index >= 15 is 0 Å². The molecule has 1 saturated heterocycles. The predicted octanol–water partition coefficient (Wildman–Crippen LogP) is 1.57. The molecular formula is C17H27N3O3S. The predicted molar refractivity (Wildman–Crippen MR) is 94.2 cm³/mol. The Bertz CT molecular complexity index is 708. The van der Waals surface area contributed by atoms with E-state index in [0.717, 1.165) is 6.42 Å². The van der Waals surface area contributed by atoms with Crippen LogP contribution in [0.3, 0.4) is 0 Å². The summed E-state index contributed by atoms with van der Waals surface area (Å²) < 4.78 is 27.2. The number of nitrogens with two attached hydrogens (primary N) is 1. The van der Waals surface area contributed by atoms with Gasteiger partial charge in [0, 0.05) is 24.2 Å². The first kappa shape index (κ1) is 18.9. The van der Waals surface area contributed by atoms with E-state index in [2.05, 4.69) is 11.6 Å². The fraction of sp³-hybridized carbons (Fsp3) is 0.588. The second kappa shape index (κ2) is 6.46. The van der Waals surface area contributed by atoms with E-state index in [1.165, 1.54) is 12.1 Å². The van der Waals surface area contributed by atoms with E-state index in [4.69, 9.17) is 5.73 Å². The molecule has 0 saturated carbocycles. The number of hydrogen-bond acceptors (Lipinski definition) is 4. The third-order valence-electron chi connectivity index (χ3n) is 4.19. The highest BCUT2D eigenvalue weighted by Gasteiger charge is 2.35. The number of carbonyl (C=O) groups excluding carboxylic acids is 1. The molecule has 0 aliphatic carbocycles. The minimum absolute atomic E-state index is 0.0322. The Kier molecular flexibility index (Phi) is 5.09. The fourth-order valence-corrected chi connectivity index (χ4v) is 4.20. The van der Waals surface area contributed by atoms with Gasteiger partial charge in [-0.05, 0) is 63.4 Å². The van der Waals surface area contributed by atoms with E-state index in [-0.39, 0.29) is 16.2 Å². The Hall–Kier alpha value is -1.44. The van der Waals surface area contributed by atoms with Crippen molar-refractivity contribution in [2.45, 2.75) is 44.6 Å². The van der Waals surface area contributed by atoms with Gasteiger partial charge in [-0.25, -0.2) is 13.1 Å². The highest BCUT2D eigenvalue weighted by atomic mass is 32.2. The summed E-state index contributed by atoms with van der Waals surface area (Å²) >= 11 is 0. The van der Waals surface area contributed by atoms with Gasteiger partial charge in [0.2, 0.25) is 10.0 Å². The van der Waals surface area contributed by atoms with E-state index in [0.29, 0.717) is 25.2 Å². The van der Waals surface area contributed by atoms with Gasteiger partial charge in [0.1, 0.15) is 0 Å². The maximum Gasteiger partial charge on any atom is 0.253 e. The molecule has 3 N–H and O–H groups in total. The molecule has 1 unspecified atom stereocenters. The van der Waals surface area contributed by atoms with Crippen molar-refractivity contribution in [1.82, 2.24) is 9.62 Å². The summed E-state index contributed by atoms with van der Waals surface area (Å²) in [7, 11) is -3.59. The summed E-state index contributed by atoms with van der Waals surface area (Å²) in [5.74, 6) is -0.0834. The van der Waals surface area contributed by atoms with Gasteiger partial charge in [-0.3, -0.25) is 4.79 Å². The molecule has 1 fully saturated rings. The molecule has 1 aromatic rings. The van der Waals surface area contributed by atoms with Crippen LogP contribution in [0.2, 0.25) is 0 Å². The first-order valence-corrected chi connectivity index (χ1v) is 9.58. The van der Waals surface area contributed by atoms with Crippen LogP contribution in [0.4, 0.5) is 0 Å². The van der Waals surface area contributed by atoms with Gasteiger partial charge in [-0.2, -0.15) is 0 Å². The quantitative estimate of drug-likeness (QED) is 0.859. The van der Waals surface area contributed by atoms with E-state index in [9.17, 15) is 13.2 Å². The number of carbonyl (C=O) groups is 1. The van der Waals surface area contributed by atoms with Crippen LogP contribution in [0.1, 0.15) is 44.5 Å². The number of amides is 1. The Morgan fingerprint density at radius 1 is 1.29 bits per heavy atom. The summed E-state index contributed by atoms with van der Waals surface area (Å²) in [6, 6.07) is 6.08. The maximum absolute atomic E-state index is 12.6. The lowest BCUT2D eigenvalue weighted by Crippen LogP contribution is -2.40. The van der Waals surface area contributed by atoms with Crippen molar-refractivity contribution >= 4 is 15.9 Å². The van der Waals surface area contributed by atoms with Crippen LogP contribution >= 0.6 is 0 Å². The molecular weight excluding hydrogens is 326 g/mol. The van der Waals surface area contributed by atoms with E-state index in [1.54, 1.807) is 37.8 Å². The highest BCUT2D eigenvalue weighted by molar-refractivity contribution is 7.89. The van der Waals surface area contributed by atoms with Gasteiger partial charge in [0.15, 0.2) is 0 Å². The van der Waals surface area contributed by atoms with Gasteiger partial charge >= 0.3 is 0 Å². The van der Waals surface area contributed by atoms with Gasteiger partial charge in [-0.15, -0.1) is 0 Å². The molecule has 0 spiro atoms. The SMILES string of the molecule is CC1(CN)CCN(C(=O)c2ccc(S(=O)(=O)NC(C)(C)C)cc2)C1. The third-order valence-corrected chi connectivity index (χ3v) is 5.96. The molecule has 0 radical (unpaired) electrons. The molecule has 24 heavy (non-hydrogen) atoms. The highest BCUT2D eigenvalue weighted by Crippen LogP contribution is 2.29. The monoisotopic (exact) mass is 353 g/mol. The minimum Gasteiger partial charge on any atom is -0.338 e. The van der Waals surface area contributed by atoms with Crippen molar-refractivity contribution in [2.75, 3.05) is 19.6 Å². The molecule has 1 aromatic carbocycles. The zero-order valence-corrected chi connectivity index (χ0v) is 15.6. The first-order chi connectivity index (χ1) is 11.0. The van der Waals surface area contributed by atoms with Crippen LogP contribution in [0, 0.1) is 5.41 Å². The second-order valence-corrected chi connectivity index (χ2v) is 9.55. The number of nitrogens with one attached hydrogen (secondary N) is 1. The van der Waals surface area contributed by atoms with E-state index < -0.39 is 15.6 Å². The third kappa shape index (κ3) is 4.34. The molecule has 1 atom stereocenters. The Morgan fingerprint density at radius 2 is 1.88 bits per heavy atom. The summed E-state index contributed by atoms with van der Waals surface area (Å²) in [5, 5.41) is 0. The van der Waals surface area contributed by atoms with E-state index in [1.807, 2.05) is 0 Å². The summed E-state index contributed by atoms with van der Waals surface area (Å²) in [4.78, 5) is 14.5. The van der Waals surface area contributed by atoms with Crippen molar-refractivity contribution in [3.63, 3.8) is 0 Å². The number of nitrogens with zero attached hydrogens (tertiary/aromatic N) is 1. The molecule has 7 heteroatoms. The smallest absolute Gasteiger partial charge is 0.253 e. The zero-order valence-electron chi connectivity index (χ0n) is 14.8. The fourth-order valence-electron chi connectivity index (χ4n) is 2.78. The second-order valence-electron chi connectivity index (χ2n) is 7.87. The van der Waals surface area contributed by atoms with Crippen LogP contribution in [0.25, 0.3) is 0 Å².